The fourth-order valence-corrected chi connectivity index (χ4v) is 6.80. The zero-order chi connectivity index (χ0) is 21.9. The van der Waals surface area contributed by atoms with Crippen LogP contribution in [0.15, 0.2) is 6.20 Å². The number of piperazine rings is 1. The quantitative estimate of drug-likeness (QED) is 0.701. The van der Waals surface area contributed by atoms with Gasteiger partial charge in [-0.2, -0.15) is 9.97 Å². The lowest BCUT2D eigenvalue weighted by molar-refractivity contribution is 0.0133. The van der Waals surface area contributed by atoms with Crippen molar-refractivity contribution in [2.24, 2.45) is 5.41 Å². The largest absolute Gasteiger partial charge is 0.463 e. The summed E-state index contributed by atoms with van der Waals surface area (Å²) in [6.07, 6.45) is 9.84. The van der Waals surface area contributed by atoms with Crippen molar-refractivity contribution in [3.8, 4) is 6.01 Å². The predicted octanol–water partition coefficient (Wildman–Crippen LogP) is 3.40. The molecular weight excluding hydrogens is 431 g/mol. The number of hydrogen-bond donors (Lipinski definition) is 1. The van der Waals surface area contributed by atoms with Gasteiger partial charge in [-0.1, -0.05) is 18.0 Å². The standard InChI is InChI=1S/C23H30ClFN6O/c1-30-9-3-8-23(7-2-4-17(23)30)13-32-22-28-19-16(10-26-20(24)18(19)25)21(29-22)31-11-14-5-6-15(12-31)27-14/h10,14-15,17,27H,2-9,11-13H2,1H3. The summed E-state index contributed by atoms with van der Waals surface area (Å²) in [6.45, 7) is 3.39. The Morgan fingerprint density at radius 3 is 2.78 bits per heavy atom. The number of nitrogens with zero attached hydrogens (tertiary/aromatic N) is 5. The van der Waals surface area contributed by atoms with Crippen molar-refractivity contribution in [1.29, 1.82) is 0 Å². The number of ether oxygens (including phenoxy) is 1. The van der Waals surface area contributed by atoms with Gasteiger partial charge in [0.1, 0.15) is 11.3 Å². The summed E-state index contributed by atoms with van der Waals surface area (Å²) in [5.41, 5.74) is 0.325. The second-order valence-electron chi connectivity index (χ2n) is 10.1. The van der Waals surface area contributed by atoms with Crippen LogP contribution in [0.2, 0.25) is 5.15 Å². The Morgan fingerprint density at radius 2 is 1.97 bits per heavy atom. The fraction of sp³-hybridized carbons (Fsp3) is 0.696. The first-order chi connectivity index (χ1) is 15.5. The molecule has 1 N–H and O–H groups in total. The Morgan fingerprint density at radius 1 is 1.19 bits per heavy atom. The topological polar surface area (TPSA) is 66.4 Å². The van der Waals surface area contributed by atoms with Crippen molar-refractivity contribution in [3.05, 3.63) is 17.2 Å². The molecule has 6 rings (SSSR count). The van der Waals surface area contributed by atoms with Gasteiger partial charge in [0.25, 0.3) is 0 Å². The highest BCUT2D eigenvalue weighted by Crippen LogP contribution is 2.47. The van der Waals surface area contributed by atoms with E-state index >= 15 is 0 Å². The molecule has 32 heavy (non-hydrogen) atoms. The highest BCUT2D eigenvalue weighted by Gasteiger charge is 2.47. The van der Waals surface area contributed by atoms with Crippen molar-refractivity contribution in [1.82, 2.24) is 25.2 Å². The van der Waals surface area contributed by atoms with E-state index in [1.807, 2.05) is 0 Å². The summed E-state index contributed by atoms with van der Waals surface area (Å²) < 4.78 is 21.3. The van der Waals surface area contributed by atoms with E-state index in [2.05, 4.69) is 32.1 Å². The van der Waals surface area contributed by atoms with Crippen LogP contribution >= 0.6 is 11.6 Å². The Kier molecular flexibility index (Phi) is 5.15. The number of likely N-dealkylation sites (tertiary alicyclic amines) is 1. The van der Waals surface area contributed by atoms with E-state index < -0.39 is 5.82 Å². The minimum absolute atomic E-state index is 0.133. The molecule has 4 atom stereocenters. The SMILES string of the molecule is CN1CCCC2(COc3nc(N4CC5CCC(C4)N5)c4cnc(Cl)c(F)c4n3)CCCC12. The predicted molar refractivity (Wildman–Crippen MR) is 122 cm³/mol. The maximum Gasteiger partial charge on any atom is 0.319 e. The van der Waals surface area contributed by atoms with E-state index in [0.29, 0.717) is 35.9 Å². The maximum atomic E-state index is 15.0. The maximum absolute atomic E-state index is 15.0. The van der Waals surface area contributed by atoms with Crippen molar-refractivity contribution in [3.63, 3.8) is 0 Å². The molecule has 7 nitrogen and oxygen atoms in total. The minimum Gasteiger partial charge on any atom is -0.463 e. The van der Waals surface area contributed by atoms with Crippen molar-refractivity contribution in [2.75, 3.05) is 38.2 Å². The summed E-state index contributed by atoms with van der Waals surface area (Å²) in [5.74, 6) is 0.0952. The summed E-state index contributed by atoms with van der Waals surface area (Å²) in [4.78, 5) is 18.0. The number of nitrogens with one attached hydrogen (secondary N) is 1. The molecule has 2 aromatic rings. The number of anilines is 1. The molecule has 1 aliphatic carbocycles. The van der Waals surface area contributed by atoms with Crippen molar-refractivity contribution >= 4 is 28.3 Å². The average Bonchev–Trinajstić information content (AvgIpc) is 3.38. The van der Waals surface area contributed by atoms with Gasteiger partial charge < -0.3 is 19.9 Å². The first-order valence-electron chi connectivity index (χ1n) is 11.9. The van der Waals surface area contributed by atoms with Gasteiger partial charge in [0, 0.05) is 42.8 Å². The lowest BCUT2D eigenvalue weighted by Gasteiger charge is -2.44. The Balaban J connectivity index is 1.35. The molecule has 1 saturated carbocycles. The van der Waals surface area contributed by atoms with Crippen molar-refractivity contribution in [2.45, 2.75) is 63.1 Å². The number of piperidine rings is 1. The first kappa shape index (κ1) is 20.8. The van der Waals surface area contributed by atoms with Crippen LogP contribution in [0.1, 0.15) is 44.9 Å². The van der Waals surface area contributed by atoms with Crippen LogP contribution in [-0.2, 0) is 0 Å². The van der Waals surface area contributed by atoms with E-state index in [9.17, 15) is 4.39 Å². The number of halogens is 2. The molecule has 172 valence electrons. The minimum atomic E-state index is -0.606. The van der Waals surface area contributed by atoms with Gasteiger partial charge in [0.15, 0.2) is 11.0 Å². The number of pyridine rings is 1. The van der Waals surface area contributed by atoms with Gasteiger partial charge in [-0.3, -0.25) is 0 Å². The van der Waals surface area contributed by atoms with E-state index in [-0.39, 0.29) is 22.1 Å². The number of rotatable bonds is 4. The summed E-state index contributed by atoms with van der Waals surface area (Å²) in [5, 5.41) is 4.06. The van der Waals surface area contributed by atoms with Gasteiger partial charge in [0.05, 0.1) is 12.0 Å². The van der Waals surface area contributed by atoms with Gasteiger partial charge in [-0.15, -0.1) is 0 Å². The second kappa shape index (κ2) is 7.92. The monoisotopic (exact) mass is 460 g/mol. The molecule has 4 aliphatic rings. The van der Waals surface area contributed by atoms with Gasteiger partial charge >= 0.3 is 6.01 Å². The molecule has 0 amide bonds. The van der Waals surface area contributed by atoms with Crippen LogP contribution in [0.25, 0.3) is 10.9 Å². The van der Waals surface area contributed by atoms with Crippen LogP contribution in [0, 0.1) is 11.2 Å². The Hall–Kier alpha value is -1.77. The zero-order valence-electron chi connectivity index (χ0n) is 18.5. The third-order valence-electron chi connectivity index (χ3n) is 8.18. The highest BCUT2D eigenvalue weighted by molar-refractivity contribution is 6.30. The van der Waals surface area contributed by atoms with E-state index in [0.717, 1.165) is 45.3 Å². The molecular formula is C23H30ClFN6O. The summed E-state index contributed by atoms with van der Waals surface area (Å²) in [6, 6.07) is 1.65. The van der Waals surface area contributed by atoms with E-state index in [1.165, 1.54) is 19.3 Å². The van der Waals surface area contributed by atoms with Crippen LogP contribution in [-0.4, -0.2) is 71.3 Å². The number of aromatic nitrogens is 3. The number of hydrogen-bond acceptors (Lipinski definition) is 7. The summed E-state index contributed by atoms with van der Waals surface area (Å²) >= 11 is 6.00. The Bertz CT molecular complexity index is 1030. The van der Waals surface area contributed by atoms with Crippen LogP contribution in [0.3, 0.4) is 0 Å². The van der Waals surface area contributed by atoms with Gasteiger partial charge in [0.2, 0.25) is 0 Å². The van der Waals surface area contributed by atoms with Crippen molar-refractivity contribution < 1.29 is 9.13 Å². The highest BCUT2D eigenvalue weighted by atomic mass is 35.5. The van der Waals surface area contributed by atoms with E-state index in [4.69, 9.17) is 21.3 Å². The lowest BCUT2D eigenvalue weighted by Crippen LogP contribution is -2.51. The molecule has 3 saturated heterocycles. The molecule has 2 aromatic heterocycles. The van der Waals surface area contributed by atoms with Crippen LogP contribution in [0.5, 0.6) is 6.01 Å². The molecule has 9 heteroatoms. The molecule has 2 bridgehead atoms. The van der Waals surface area contributed by atoms with Crippen LogP contribution < -0.4 is 15.0 Å². The molecule has 3 aliphatic heterocycles. The first-order valence-corrected chi connectivity index (χ1v) is 12.3. The zero-order valence-corrected chi connectivity index (χ0v) is 19.2. The van der Waals surface area contributed by atoms with Gasteiger partial charge in [-0.05, 0) is 52.1 Å². The molecule has 0 aromatic carbocycles. The molecule has 5 heterocycles. The molecule has 0 radical (unpaired) electrons. The molecule has 4 fully saturated rings. The average molecular weight is 461 g/mol. The van der Waals surface area contributed by atoms with Gasteiger partial charge in [-0.25, -0.2) is 9.37 Å². The third kappa shape index (κ3) is 3.42. The van der Waals surface area contributed by atoms with Crippen LogP contribution in [0.4, 0.5) is 10.2 Å². The molecule has 0 spiro atoms. The lowest BCUT2D eigenvalue weighted by atomic mass is 9.76. The smallest absolute Gasteiger partial charge is 0.319 e. The fourth-order valence-electron chi connectivity index (χ4n) is 6.66. The third-order valence-corrected chi connectivity index (χ3v) is 8.45. The Labute approximate surface area is 192 Å². The normalized spacial score (nSPS) is 32.5. The van der Waals surface area contributed by atoms with E-state index in [1.54, 1.807) is 6.20 Å². The summed E-state index contributed by atoms with van der Waals surface area (Å²) in [7, 11) is 2.22. The second-order valence-corrected chi connectivity index (χ2v) is 10.5. The number of fused-ring (bicyclic) bond motifs is 4. The molecule has 4 unspecified atom stereocenters.